The standard InChI is InChI=1S/C16H19ClFNO3/c1-9-11(14(20)21)6-7-19(9)15(22)16(2,3)12-5-4-10(17)8-13(12)18/h4-5,8-9,11H,6-7H2,1-3H3,(H,20,21). The molecule has 1 fully saturated rings. The van der Waals surface area contributed by atoms with Gasteiger partial charge >= 0.3 is 5.97 Å². The number of amides is 1. The first-order valence-electron chi connectivity index (χ1n) is 7.15. The monoisotopic (exact) mass is 327 g/mol. The van der Waals surface area contributed by atoms with Gasteiger partial charge in [0.05, 0.1) is 11.3 Å². The molecule has 0 bridgehead atoms. The van der Waals surface area contributed by atoms with Gasteiger partial charge in [0.25, 0.3) is 0 Å². The van der Waals surface area contributed by atoms with Crippen molar-refractivity contribution in [1.82, 2.24) is 4.90 Å². The highest BCUT2D eigenvalue weighted by Crippen LogP contribution is 2.34. The molecule has 2 rings (SSSR count). The molecule has 22 heavy (non-hydrogen) atoms. The van der Waals surface area contributed by atoms with E-state index in [4.69, 9.17) is 16.7 Å². The van der Waals surface area contributed by atoms with E-state index in [-0.39, 0.29) is 16.5 Å². The van der Waals surface area contributed by atoms with Gasteiger partial charge in [-0.2, -0.15) is 0 Å². The molecule has 1 aromatic carbocycles. The molecule has 1 amide bonds. The Kier molecular flexibility index (Phi) is 4.47. The maximum atomic E-state index is 14.1. The Morgan fingerprint density at radius 3 is 2.55 bits per heavy atom. The summed E-state index contributed by atoms with van der Waals surface area (Å²) in [6, 6.07) is 3.83. The lowest BCUT2D eigenvalue weighted by Crippen LogP contribution is -2.46. The first kappa shape index (κ1) is 16.7. The SMILES string of the molecule is CC1C(C(=O)O)CCN1C(=O)C(C)(C)c1ccc(Cl)cc1F. The van der Waals surface area contributed by atoms with Crippen LogP contribution in [0.5, 0.6) is 0 Å². The fourth-order valence-electron chi connectivity index (χ4n) is 3.03. The molecule has 1 aliphatic heterocycles. The molecule has 0 saturated carbocycles. The van der Waals surface area contributed by atoms with Crippen LogP contribution in [0.4, 0.5) is 4.39 Å². The Morgan fingerprint density at radius 1 is 1.41 bits per heavy atom. The molecule has 0 aliphatic carbocycles. The van der Waals surface area contributed by atoms with Gasteiger partial charge in [-0.15, -0.1) is 0 Å². The Bertz CT molecular complexity index is 617. The van der Waals surface area contributed by atoms with Crippen LogP contribution in [0.3, 0.4) is 0 Å². The summed E-state index contributed by atoms with van der Waals surface area (Å²) >= 11 is 5.75. The molecule has 1 aromatic rings. The van der Waals surface area contributed by atoms with E-state index in [2.05, 4.69) is 0 Å². The van der Waals surface area contributed by atoms with Gasteiger partial charge in [-0.05, 0) is 39.3 Å². The molecule has 6 heteroatoms. The number of carboxylic acids is 1. The van der Waals surface area contributed by atoms with E-state index in [9.17, 15) is 14.0 Å². The molecule has 1 heterocycles. The predicted molar refractivity (Wildman–Crippen MR) is 81.4 cm³/mol. The van der Waals surface area contributed by atoms with Crippen molar-refractivity contribution in [2.75, 3.05) is 6.54 Å². The minimum absolute atomic E-state index is 0.257. The Balaban J connectivity index is 2.30. The van der Waals surface area contributed by atoms with E-state index >= 15 is 0 Å². The molecule has 0 aromatic heterocycles. The van der Waals surface area contributed by atoms with E-state index in [1.54, 1.807) is 26.8 Å². The van der Waals surface area contributed by atoms with E-state index in [1.807, 2.05) is 0 Å². The van der Waals surface area contributed by atoms with Crippen LogP contribution in [0.25, 0.3) is 0 Å². The van der Waals surface area contributed by atoms with E-state index in [0.717, 1.165) is 0 Å². The van der Waals surface area contributed by atoms with Crippen LogP contribution >= 0.6 is 11.6 Å². The molecule has 1 aliphatic rings. The van der Waals surface area contributed by atoms with E-state index in [0.29, 0.717) is 13.0 Å². The zero-order valence-electron chi connectivity index (χ0n) is 12.8. The summed E-state index contributed by atoms with van der Waals surface area (Å²) in [4.78, 5) is 25.5. The zero-order valence-corrected chi connectivity index (χ0v) is 13.5. The van der Waals surface area contributed by atoms with Gasteiger partial charge < -0.3 is 10.0 Å². The molecule has 1 saturated heterocycles. The highest BCUT2D eigenvalue weighted by atomic mass is 35.5. The van der Waals surface area contributed by atoms with Gasteiger partial charge in [0.15, 0.2) is 0 Å². The summed E-state index contributed by atoms with van der Waals surface area (Å²) in [5.41, 5.74) is -0.830. The second-order valence-electron chi connectivity index (χ2n) is 6.22. The second kappa shape index (κ2) is 5.88. The van der Waals surface area contributed by atoms with Gasteiger partial charge in [-0.25, -0.2) is 4.39 Å². The van der Waals surface area contributed by atoms with Crippen LogP contribution in [-0.2, 0) is 15.0 Å². The lowest BCUT2D eigenvalue weighted by atomic mass is 9.82. The third-order valence-electron chi connectivity index (χ3n) is 4.47. The van der Waals surface area contributed by atoms with Crippen molar-refractivity contribution in [2.24, 2.45) is 5.92 Å². The summed E-state index contributed by atoms with van der Waals surface area (Å²) in [6.45, 7) is 5.37. The van der Waals surface area contributed by atoms with Crippen LogP contribution in [0.1, 0.15) is 32.8 Å². The summed E-state index contributed by atoms with van der Waals surface area (Å²) < 4.78 is 14.1. The number of carbonyl (C=O) groups excluding carboxylic acids is 1. The predicted octanol–water partition coefficient (Wildman–Crippen LogP) is 3.08. The summed E-state index contributed by atoms with van der Waals surface area (Å²) in [5.74, 6) is -2.29. The van der Waals surface area contributed by atoms with Crippen LogP contribution in [0.2, 0.25) is 5.02 Å². The number of benzene rings is 1. The van der Waals surface area contributed by atoms with Gasteiger partial charge in [-0.1, -0.05) is 17.7 Å². The fourth-order valence-corrected chi connectivity index (χ4v) is 3.19. The average molecular weight is 328 g/mol. The van der Waals surface area contributed by atoms with Crippen molar-refractivity contribution in [1.29, 1.82) is 0 Å². The van der Waals surface area contributed by atoms with Crippen LogP contribution in [0.15, 0.2) is 18.2 Å². The topological polar surface area (TPSA) is 57.6 Å². The number of hydrogen-bond acceptors (Lipinski definition) is 2. The average Bonchev–Trinajstić information content (AvgIpc) is 2.79. The number of hydrogen-bond donors (Lipinski definition) is 1. The second-order valence-corrected chi connectivity index (χ2v) is 6.66. The summed E-state index contributed by atoms with van der Waals surface area (Å²) in [7, 11) is 0. The lowest BCUT2D eigenvalue weighted by Gasteiger charge is -2.33. The van der Waals surface area contributed by atoms with Gasteiger partial charge in [0, 0.05) is 23.2 Å². The van der Waals surface area contributed by atoms with E-state index in [1.165, 1.54) is 17.0 Å². The van der Waals surface area contributed by atoms with Crippen molar-refractivity contribution in [2.45, 2.75) is 38.6 Å². The van der Waals surface area contributed by atoms with Gasteiger partial charge in [0.2, 0.25) is 5.91 Å². The number of carbonyl (C=O) groups is 2. The molecular weight excluding hydrogens is 309 g/mol. The first-order valence-corrected chi connectivity index (χ1v) is 7.53. The van der Waals surface area contributed by atoms with Crippen molar-refractivity contribution < 1.29 is 19.1 Å². The summed E-state index contributed by atoms with van der Waals surface area (Å²) in [6.07, 6.45) is 0.418. The quantitative estimate of drug-likeness (QED) is 0.928. The largest absolute Gasteiger partial charge is 0.481 e. The number of rotatable bonds is 3. The number of halogens is 2. The number of nitrogens with zero attached hydrogens (tertiary/aromatic N) is 1. The van der Waals surface area contributed by atoms with Crippen molar-refractivity contribution in [3.05, 3.63) is 34.6 Å². The molecule has 0 spiro atoms. The Morgan fingerprint density at radius 2 is 2.05 bits per heavy atom. The summed E-state index contributed by atoms with van der Waals surface area (Å²) in [5, 5.41) is 9.43. The minimum atomic E-state index is -1.09. The zero-order chi connectivity index (χ0) is 16.7. The Labute approximate surface area is 133 Å². The molecule has 1 N–H and O–H groups in total. The highest BCUT2D eigenvalue weighted by molar-refractivity contribution is 6.30. The normalized spacial score (nSPS) is 22.0. The van der Waals surface area contributed by atoms with Gasteiger partial charge in [-0.3, -0.25) is 9.59 Å². The first-order chi connectivity index (χ1) is 10.2. The number of aliphatic carboxylic acids is 1. The smallest absolute Gasteiger partial charge is 0.308 e. The van der Waals surface area contributed by atoms with Crippen molar-refractivity contribution in [3.8, 4) is 0 Å². The highest BCUT2D eigenvalue weighted by Gasteiger charge is 2.44. The molecule has 0 radical (unpaired) electrons. The van der Waals surface area contributed by atoms with Gasteiger partial charge in [0.1, 0.15) is 5.82 Å². The maximum absolute atomic E-state index is 14.1. The van der Waals surface area contributed by atoms with Crippen molar-refractivity contribution in [3.63, 3.8) is 0 Å². The molecule has 2 unspecified atom stereocenters. The molecule has 2 atom stereocenters. The molecular formula is C16H19ClFNO3. The van der Waals surface area contributed by atoms with Crippen LogP contribution in [0, 0.1) is 11.7 Å². The van der Waals surface area contributed by atoms with Crippen LogP contribution < -0.4 is 0 Å². The maximum Gasteiger partial charge on any atom is 0.308 e. The number of carboxylic acid groups (broad SMARTS) is 1. The third kappa shape index (κ3) is 2.82. The lowest BCUT2D eigenvalue weighted by molar-refractivity contribution is -0.143. The molecule has 4 nitrogen and oxygen atoms in total. The fraction of sp³-hybridized carbons (Fsp3) is 0.500. The third-order valence-corrected chi connectivity index (χ3v) is 4.71. The minimum Gasteiger partial charge on any atom is -0.481 e. The number of likely N-dealkylation sites (tertiary alicyclic amines) is 1. The van der Waals surface area contributed by atoms with E-state index < -0.39 is 29.2 Å². The van der Waals surface area contributed by atoms with Crippen LogP contribution in [-0.4, -0.2) is 34.5 Å². The van der Waals surface area contributed by atoms with Crippen molar-refractivity contribution >= 4 is 23.5 Å². The Hall–Kier alpha value is -1.62. The molecule has 120 valence electrons.